The van der Waals surface area contributed by atoms with Gasteiger partial charge in [0, 0.05) is 24.7 Å². The Morgan fingerprint density at radius 3 is 2.59 bits per heavy atom. The van der Waals surface area contributed by atoms with E-state index in [2.05, 4.69) is 19.9 Å². The minimum atomic E-state index is -1.79. The molecule has 0 unspecified atom stereocenters. The summed E-state index contributed by atoms with van der Waals surface area (Å²) >= 11 is 0. The van der Waals surface area contributed by atoms with E-state index in [1.807, 2.05) is 26.0 Å². The van der Waals surface area contributed by atoms with Crippen LogP contribution in [-0.4, -0.2) is 77.3 Å². The number of hydrogen-bond acceptors (Lipinski definition) is 9. The minimum Gasteiger partial charge on any atom is -0.462 e. The number of carbonyl (C=O) groups is 2. The van der Waals surface area contributed by atoms with Crippen LogP contribution in [0.1, 0.15) is 89.9 Å². The van der Waals surface area contributed by atoms with Crippen molar-refractivity contribution >= 4 is 11.9 Å². The first kappa shape index (κ1) is 37.5. The van der Waals surface area contributed by atoms with Crippen LogP contribution in [0.2, 0.25) is 0 Å². The lowest BCUT2D eigenvalue weighted by Crippen LogP contribution is -2.59. The van der Waals surface area contributed by atoms with E-state index in [9.17, 15) is 28.6 Å². The molecule has 1 aromatic carbocycles. The number of benzene rings is 1. The number of aliphatic hydroxyl groups excluding tert-OH is 1. The van der Waals surface area contributed by atoms with Gasteiger partial charge in [0.2, 0.25) is 0 Å². The van der Waals surface area contributed by atoms with Crippen molar-refractivity contribution in [3.63, 3.8) is 0 Å². The second-order valence-corrected chi connectivity index (χ2v) is 15.4. The van der Waals surface area contributed by atoms with Gasteiger partial charge in [0.25, 0.3) is 0 Å². The first-order valence-corrected chi connectivity index (χ1v) is 18.1. The van der Waals surface area contributed by atoms with Gasteiger partial charge in [-0.15, -0.1) is 0 Å². The third kappa shape index (κ3) is 7.38. The Kier molecular flexibility index (Phi) is 10.8. The maximum absolute atomic E-state index is 14.3. The predicted octanol–water partition coefficient (Wildman–Crippen LogP) is 6.43. The normalized spacial score (nSPS) is 41.3. The van der Waals surface area contributed by atoms with Crippen molar-refractivity contribution in [2.75, 3.05) is 13.2 Å². The zero-order valence-corrected chi connectivity index (χ0v) is 30.0. The second-order valence-electron chi connectivity index (χ2n) is 15.4. The number of fused-ring (bicyclic) bond motifs is 2. The third-order valence-electron chi connectivity index (χ3n) is 11.4. The van der Waals surface area contributed by atoms with Gasteiger partial charge in [-0.3, -0.25) is 4.79 Å². The monoisotopic (exact) mass is 712 g/mol. The van der Waals surface area contributed by atoms with Gasteiger partial charge >= 0.3 is 11.9 Å². The Balaban J connectivity index is 1.26. The van der Waals surface area contributed by atoms with Gasteiger partial charge in [-0.1, -0.05) is 62.8 Å². The molecule has 0 aromatic heterocycles. The predicted molar refractivity (Wildman–Crippen MR) is 183 cm³/mol. The average Bonchev–Trinajstić information content (AvgIpc) is 3.42. The molecular weight excluding hydrogens is 662 g/mol. The van der Waals surface area contributed by atoms with E-state index < -0.39 is 76.3 Å². The molecule has 278 valence electrons. The Morgan fingerprint density at radius 1 is 1.12 bits per heavy atom. The van der Waals surface area contributed by atoms with Crippen LogP contribution in [0, 0.1) is 28.9 Å². The molecule has 0 radical (unpaired) electrons. The molecule has 0 saturated carbocycles. The topological polar surface area (TPSA) is 121 Å². The highest BCUT2D eigenvalue weighted by molar-refractivity contribution is 5.90. The summed E-state index contributed by atoms with van der Waals surface area (Å²) < 4.78 is 59.8. The van der Waals surface area contributed by atoms with Crippen LogP contribution >= 0.6 is 0 Å². The molecule has 0 amide bonds. The molecule has 51 heavy (non-hydrogen) atoms. The quantitative estimate of drug-likeness (QED) is 0.269. The maximum atomic E-state index is 14.3. The highest BCUT2D eigenvalue weighted by atomic mass is 19.1. The number of halogens is 2. The van der Waals surface area contributed by atoms with Crippen LogP contribution < -0.4 is 0 Å². The highest BCUT2D eigenvalue weighted by Gasteiger charge is 2.60. The summed E-state index contributed by atoms with van der Waals surface area (Å²) in [6.45, 7) is 9.70. The van der Waals surface area contributed by atoms with Crippen molar-refractivity contribution < 1.29 is 52.3 Å². The van der Waals surface area contributed by atoms with Gasteiger partial charge in [0.15, 0.2) is 5.79 Å². The van der Waals surface area contributed by atoms with Crippen LogP contribution in [0.15, 0.2) is 65.3 Å². The van der Waals surface area contributed by atoms with E-state index in [0.717, 1.165) is 18.6 Å². The van der Waals surface area contributed by atoms with E-state index in [-0.39, 0.29) is 31.7 Å². The molecule has 4 aliphatic heterocycles. The van der Waals surface area contributed by atoms with Crippen molar-refractivity contribution in [1.29, 1.82) is 0 Å². The van der Waals surface area contributed by atoms with Gasteiger partial charge in [0.1, 0.15) is 47.0 Å². The molecule has 1 aliphatic carbocycles. The summed E-state index contributed by atoms with van der Waals surface area (Å²) in [7, 11) is 0. The Bertz CT molecular complexity index is 1610. The van der Waals surface area contributed by atoms with E-state index in [0.29, 0.717) is 43.3 Å². The molecule has 2 N–H and O–H groups in total. The molecule has 5 aliphatic rings. The molecule has 2 bridgehead atoms. The maximum Gasteiger partial charge on any atom is 0.344 e. The van der Waals surface area contributed by atoms with Crippen LogP contribution in [-0.2, 0) is 28.5 Å². The van der Waals surface area contributed by atoms with Gasteiger partial charge < -0.3 is 33.9 Å². The number of rotatable bonds is 4. The molecule has 3 fully saturated rings. The summed E-state index contributed by atoms with van der Waals surface area (Å²) in [5, 5.41) is 23.1. The van der Waals surface area contributed by atoms with Crippen molar-refractivity contribution in [3.05, 3.63) is 82.5 Å². The number of ether oxygens (including phenoxy) is 5. The number of carbonyl (C=O) groups excluding carboxylic acids is 2. The zero-order valence-electron chi connectivity index (χ0n) is 30.0. The lowest BCUT2D eigenvalue weighted by molar-refractivity contribution is -0.348. The molecule has 4 heterocycles. The van der Waals surface area contributed by atoms with Gasteiger partial charge in [-0.25, -0.2) is 13.6 Å². The second kappa shape index (κ2) is 14.7. The van der Waals surface area contributed by atoms with E-state index in [1.54, 1.807) is 19.1 Å². The lowest BCUT2D eigenvalue weighted by Gasteiger charge is -2.53. The number of aliphatic hydroxyl groups is 2. The summed E-state index contributed by atoms with van der Waals surface area (Å²) in [5.74, 6) is -5.71. The minimum absolute atomic E-state index is 0.0682. The summed E-state index contributed by atoms with van der Waals surface area (Å²) in [4.78, 5) is 26.9. The first-order valence-electron chi connectivity index (χ1n) is 18.1. The molecule has 10 atom stereocenters. The number of hydrogen-bond donors (Lipinski definition) is 2. The molecule has 1 spiro atoms. The van der Waals surface area contributed by atoms with Crippen molar-refractivity contribution in [2.24, 2.45) is 17.3 Å². The van der Waals surface area contributed by atoms with Crippen molar-refractivity contribution in [2.45, 2.75) is 121 Å². The van der Waals surface area contributed by atoms with Gasteiger partial charge in [0.05, 0.1) is 25.4 Å². The SMILES string of the molecule is CC[C@H]1O[C@]2(CC[C@@]1(C)COC(=O)c1c(F)cccc1F)C[C@@H]1C[C@@H](C/C=C(\C)C[C@@H](C)/C=C/C=C3\CO[C@@H]4[C@H](O)C(C)=C[C@@H](C(=O)O1)[C@]34O)O2. The standard InChI is InChI=1S/C40H50F2O9/c1-6-32-38(5,22-48-37(45)33-30(41)11-8-12-31(33)42)15-16-39(51-32)20-28-19-27(50-39)14-13-24(3)17-23(2)9-7-10-26-21-47-35-34(43)25(4)18-29(36(44)49-28)40(26,35)46/h7-13,18,23,27-29,32,34-35,43,46H,6,14-17,19-22H2,1-5H3/b9-7+,24-13+,26-10+/t23-,27+,28-,29-,32+,34+,35+,38-,39+,40+/m0/s1. The third-order valence-corrected chi connectivity index (χ3v) is 11.4. The number of allylic oxidation sites excluding steroid dienone is 4. The largest absolute Gasteiger partial charge is 0.462 e. The first-order chi connectivity index (χ1) is 24.2. The van der Waals surface area contributed by atoms with E-state index >= 15 is 0 Å². The van der Waals surface area contributed by atoms with Crippen LogP contribution in [0.5, 0.6) is 0 Å². The summed E-state index contributed by atoms with van der Waals surface area (Å²) in [5.41, 5.74) is -1.02. The lowest BCUT2D eigenvalue weighted by atomic mass is 9.71. The Hall–Kier alpha value is -3.22. The fraction of sp³-hybridized carbons (Fsp3) is 0.600. The Morgan fingerprint density at radius 2 is 1.86 bits per heavy atom. The van der Waals surface area contributed by atoms with Crippen LogP contribution in [0.3, 0.4) is 0 Å². The van der Waals surface area contributed by atoms with Crippen LogP contribution in [0.4, 0.5) is 8.78 Å². The zero-order chi connectivity index (χ0) is 36.7. The molecule has 1 aromatic rings. The summed E-state index contributed by atoms with van der Waals surface area (Å²) in [6, 6.07) is 3.21. The molecule has 6 rings (SSSR count). The van der Waals surface area contributed by atoms with E-state index in [4.69, 9.17) is 23.7 Å². The summed E-state index contributed by atoms with van der Waals surface area (Å²) in [6.07, 6.45) is 9.38. The molecule has 11 heteroatoms. The van der Waals surface area contributed by atoms with Gasteiger partial charge in [-0.05, 0) is 68.7 Å². The van der Waals surface area contributed by atoms with Crippen molar-refractivity contribution in [1.82, 2.24) is 0 Å². The molecular formula is C40H50F2O9. The van der Waals surface area contributed by atoms with Crippen LogP contribution in [0.25, 0.3) is 0 Å². The average molecular weight is 713 g/mol. The molecule has 3 saturated heterocycles. The Labute approximate surface area is 298 Å². The smallest absolute Gasteiger partial charge is 0.344 e. The molecule has 9 nitrogen and oxygen atoms in total. The number of esters is 2. The van der Waals surface area contributed by atoms with Gasteiger partial charge in [-0.2, -0.15) is 0 Å². The van der Waals surface area contributed by atoms with E-state index in [1.165, 1.54) is 11.6 Å². The van der Waals surface area contributed by atoms with Crippen molar-refractivity contribution in [3.8, 4) is 0 Å². The fourth-order valence-electron chi connectivity index (χ4n) is 8.49. The fourth-order valence-corrected chi connectivity index (χ4v) is 8.49. The highest BCUT2D eigenvalue weighted by Crippen LogP contribution is 2.50.